The topological polar surface area (TPSA) is 61.8 Å². The summed E-state index contributed by atoms with van der Waals surface area (Å²) in [7, 11) is 5.94. The van der Waals surface area contributed by atoms with Crippen molar-refractivity contribution in [3.63, 3.8) is 0 Å². The minimum Gasteiger partial charge on any atom is -0.471 e. The van der Waals surface area contributed by atoms with Crippen LogP contribution in [-0.4, -0.2) is 79.3 Å². The number of hydrogen-bond acceptors (Lipinski definition) is 6. The van der Waals surface area contributed by atoms with Gasteiger partial charge in [0, 0.05) is 39.7 Å². The minimum atomic E-state index is 0.00905. The highest BCUT2D eigenvalue weighted by Crippen LogP contribution is 2.22. The van der Waals surface area contributed by atoms with Gasteiger partial charge in [0.05, 0.1) is 12.5 Å². The average molecular weight is 333 g/mol. The maximum Gasteiger partial charge on any atom is 0.233 e. The number of piperidine rings is 1. The summed E-state index contributed by atoms with van der Waals surface area (Å²) in [6.45, 7) is 3.39. The molecule has 3 heterocycles. The molecule has 7 heteroatoms. The molecule has 2 aliphatic heterocycles. The van der Waals surface area contributed by atoms with Gasteiger partial charge >= 0.3 is 0 Å². The number of nitrogens with zero attached hydrogens (tertiary/aromatic N) is 5. The fraction of sp³-hybridized carbons (Fsp3) is 0.706. The van der Waals surface area contributed by atoms with Crippen molar-refractivity contribution in [2.75, 3.05) is 52.2 Å². The van der Waals surface area contributed by atoms with E-state index in [9.17, 15) is 4.79 Å². The third-order valence-corrected chi connectivity index (χ3v) is 4.80. The Morgan fingerprint density at radius 2 is 2.04 bits per heavy atom. The third-order valence-electron chi connectivity index (χ3n) is 4.80. The Morgan fingerprint density at radius 1 is 1.21 bits per heavy atom. The summed E-state index contributed by atoms with van der Waals surface area (Å²) in [5.41, 5.74) is 0. The number of ether oxygens (including phenoxy) is 1. The number of carbonyl (C=O) groups excluding carboxylic acids is 1. The Hall–Kier alpha value is -1.89. The van der Waals surface area contributed by atoms with Crippen LogP contribution >= 0.6 is 0 Å². The monoisotopic (exact) mass is 333 g/mol. The van der Waals surface area contributed by atoms with Gasteiger partial charge in [-0.25, -0.2) is 0 Å². The summed E-state index contributed by atoms with van der Waals surface area (Å²) in [5.74, 6) is 1.74. The Bertz CT molecular complexity index is 563. The van der Waals surface area contributed by atoms with Gasteiger partial charge in [-0.05, 0) is 32.5 Å². The van der Waals surface area contributed by atoms with E-state index in [2.05, 4.69) is 22.1 Å². The SMILES string of the molecule is CN1CCC[C@@H](C(=O)N2CC[C@@H](Oc3ccc(N(C)C)nn3)C2)C1. The van der Waals surface area contributed by atoms with Crippen LogP contribution in [0.15, 0.2) is 12.1 Å². The van der Waals surface area contributed by atoms with Gasteiger partial charge in [0.2, 0.25) is 11.8 Å². The second-order valence-corrected chi connectivity index (χ2v) is 7.04. The van der Waals surface area contributed by atoms with Crippen LogP contribution in [0.4, 0.5) is 5.82 Å². The highest BCUT2D eigenvalue weighted by Gasteiger charge is 2.33. The zero-order valence-corrected chi connectivity index (χ0v) is 14.8. The molecular formula is C17H27N5O2. The van der Waals surface area contributed by atoms with Gasteiger partial charge in [-0.3, -0.25) is 4.79 Å². The molecule has 0 unspecified atom stereocenters. The average Bonchev–Trinajstić information content (AvgIpc) is 3.03. The summed E-state index contributed by atoms with van der Waals surface area (Å²) in [6.07, 6.45) is 2.97. The van der Waals surface area contributed by atoms with Crippen LogP contribution in [0.5, 0.6) is 5.88 Å². The van der Waals surface area contributed by atoms with E-state index in [1.54, 1.807) is 0 Å². The molecule has 0 radical (unpaired) electrons. The Labute approximate surface area is 143 Å². The van der Waals surface area contributed by atoms with Crippen molar-refractivity contribution in [1.82, 2.24) is 20.0 Å². The van der Waals surface area contributed by atoms with E-state index in [4.69, 9.17) is 4.74 Å². The molecule has 1 aromatic heterocycles. The minimum absolute atomic E-state index is 0.00905. The van der Waals surface area contributed by atoms with Gasteiger partial charge in [-0.15, -0.1) is 10.2 Å². The molecule has 2 aliphatic rings. The Kier molecular flexibility index (Phi) is 5.18. The number of carbonyl (C=O) groups is 1. The molecule has 132 valence electrons. The van der Waals surface area contributed by atoms with Crippen molar-refractivity contribution in [3.05, 3.63) is 12.1 Å². The van der Waals surface area contributed by atoms with E-state index in [1.165, 1.54) is 0 Å². The Balaban J connectivity index is 1.52. The zero-order chi connectivity index (χ0) is 17.1. The molecule has 24 heavy (non-hydrogen) atoms. The molecular weight excluding hydrogens is 306 g/mol. The van der Waals surface area contributed by atoms with Crippen molar-refractivity contribution < 1.29 is 9.53 Å². The first-order chi connectivity index (χ1) is 11.5. The molecule has 7 nitrogen and oxygen atoms in total. The molecule has 0 spiro atoms. The van der Waals surface area contributed by atoms with Crippen molar-refractivity contribution in [2.45, 2.75) is 25.4 Å². The first kappa shape index (κ1) is 17.0. The lowest BCUT2D eigenvalue weighted by atomic mass is 9.97. The quantitative estimate of drug-likeness (QED) is 0.815. The molecule has 2 fully saturated rings. The molecule has 0 aliphatic carbocycles. The second kappa shape index (κ2) is 7.34. The van der Waals surface area contributed by atoms with Gasteiger partial charge in [-0.1, -0.05) is 0 Å². The smallest absolute Gasteiger partial charge is 0.233 e. The van der Waals surface area contributed by atoms with Crippen molar-refractivity contribution in [1.29, 1.82) is 0 Å². The lowest BCUT2D eigenvalue weighted by Gasteiger charge is -2.31. The second-order valence-electron chi connectivity index (χ2n) is 7.04. The van der Waals surface area contributed by atoms with Gasteiger partial charge in [0.25, 0.3) is 0 Å². The molecule has 2 atom stereocenters. The standard InChI is InChI=1S/C17H27N5O2/c1-20(2)15-6-7-16(19-18-15)24-14-8-10-22(12-14)17(23)13-5-4-9-21(3)11-13/h6-7,13-14H,4-5,8-12H2,1-3H3/t13-,14-/m1/s1. The van der Waals surface area contributed by atoms with Gasteiger partial charge < -0.3 is 19.4 Å². The van der Waals surface area contributed by atoms with Gasteiger partial charge in [-0.2, -0.15) is 0 Å². The summed E-state index contributed by atoms with van der Waals surface area (Å²) >= 11 is 0. The van der Waals surface area contributed by atoms with Crippen molar-refractivity contribution >= 4 is 11.7 Å². The van der Waals surface area contributed by atoms with E-state index < -0.39 is 0 Å². The fourth-order valence-electron chi connectivity index (χ4n) is 3.44. The number of likely N-dealkylation sites (tertiary alicyclic amines) is 2. The zero-order valence-electron chi connectivity index (χ0n) is 14.8. The lowest BCUT2D eigenvalue weighted by molar-refractivity contribution is -0.136. The van der Waals surface area contributed by atoms with Crippen molar-refractivity contribution in [3.8, 4) is 5.88 Å². The molecule has 0 aromatic carbocycles. The molecule has 0 saturated carbocycles. The van der Waals surface area contributed by atoms with Crippen LogP contribution in [0.3, 0.4) is 0 Å². The first-order valence-corrected chi connectivity index (χ1v) is 8.68. The largest absolute Gasteiger partial charge is 0.471 e. The van der Waals surface area contributed by atoms with Gasteiger partial charge in [0.1, 0.15) is 6.10 Å². The predicted octanol–water partition coefficient (Wildman–Crippen LogP) is 0.864. The first-order valence-electron chi connectivity index (χ1n) is 8.68. The van der Waals surface area contributed by atoms with Crippen LogP contribution in [0.25, 0.3) is 0 Å². The van der Waals surface area contributed by atoms with Crippen LogP contribution in [-0.2, 0) is 4.79 Å². The fourth-order valence-corrected chi connectivity index (χ4v) is 3.44. The highest BCUT2D eigenvalue weighted by molar-refractivity contribution is 5.79. The summed E-state index contributed by atoms with van der Waals surface area (Å²) in [4.78, 5) is 18.8. The van der Waals surface area contributed by atoms with E-state index in [-0.39, 0.29) is 17.9 Å². The van der Waals surface area contributed by atoms with Crippen LogP contribution in [0.1, 0.15) is 19.3 Å². The third kappa shape index (κ3) is 3.95. The molecule has 2 saturated heterocycles. The molecule has 0 bridgehead atoms. The van der Waals surface area contributed by atoms with Crippen LogP contribution in [0, 0.1) is 5.92 Å². The number of amides is 1. The number of anilines is 1. The maximum atomic E-state index is 12.7. The summed E-state index contributed by atoms with van der Waals surface area (Å²) in [6, 6.07) is 3.72. The highest BCUT2D eigenvalue weighted by atomic mass is 16.5. The lowest BCUT2D eigenvalue weighted by Crippen LogP contribution is -2.43. The van der Waals surface area contributed by atoms with E-state index in [0.29, 0.717) is 12.4 Å². The van der Waals surface area contributed by atoms with E-state index >= 15 is 0 Å². The predicted molar refractivity (Wildman–Crippen MR) is 92.2 cm³/mol. The molecule has 1 aromatic rings. The number of hydrogen-bond donors (Lipinski definition) is 0. The Morgan fingerprint density at radius 3 is 2.71 bits per heavy atom. The van der Waals surface area contributed by atoms with E-state index in [0.717, 1.165) is 44.7 Å². The van der Waals surface area contributed by atoms with Gasteiger partial charge in [0.15, 0.2) is 5.82 Å². The summed E-state index contributed by atoms with van der Waals surface area (Å²) in [5, 5.41) is 8.23. The van der Waals surface area contributed by atoms with Crippen molar-refractivity contribution in [2.24, 2.45) is 5.92 Å². The summed E-state index contributed by atoms with van der Waals surface area (Å²) < 4.78 is 5.90. The normalized spacial score (nSPS) is 24.9. The molecule has 3 rings (SSSR count). The molecule has 1 amide bonds. The number of aromatic nitrogens is 2. The van der Waals surface area contributed by atoms with Crippen LogP contribution < -0.4 is 9.64 Å². The van der Waals surface area contributed by atoms with Crippen LogP contribution in [0.2, 0.25) is 0 Å². The van der Waals surface area contributed by atoms with E-state index in [1.807, 2.05) is 36.0 Å². The number of rotatable bonds is 4. The molecule has 0 N–H and O–H groups in total. The maximum absolute atomic E-state index is 12.7.